The fraction of sp³-hybridized carbons (Fsp3) is 0.267. The van der Waals surface area contributed by atoms with Crippen LogP contribution in [0.15, 0.2) is 36.7 Å². The molecule has 0 fully saturated rings. The fourth-order valence-electron chi connectivity index (χ4n) is 2.41. The van der Waals surface area contributed by atoms with Crippen molar-refractivity contribution in [1.82, 2.24) is 10.4 Å². The molecule has 0 aliphatic rings. The topological polar surface area (TPSA) is 50.9 Å². The molecule has 0 saturated heterocycles. The van der Waals surface area contributed by atoms with Gasteiger partial charge in [-0.25, -0.2) is 0 Å². The van der Waals surface area contributed by atoms with Gasteiger partial charge in [-0.05, 0) is 48.6 Å². The largest absolute Gasteiger partial charge is 0.271 e. The Morgan fingerprint density at radius 3 is 2.53 bits per heavy atom. The van der Waals surface area contributed by atoms with E-state index < -0.39 is 0 Å². The van der Waals surface area contributed by atoms with Gasteiger partial charge in [0.2, 0.25) is 0 Å². The number of benzene rings is 1. The zero-order valence-electron chi connectivity index (χ0n) is 11.2. The molecule has 4 heteroatoms. The van der Waals surface area contributed by atoms with Crippen LogP contribution >= 0.6 is 11.6 Å². The minimum absolute atomic E-state index is 0.0427. The van der Waals surface area contributed by atoms with Crippen molar-refractivity contribution in [2.75, 3.05) is 0 Å². The predicted octanol–water partition coefficient (Wildman–Crippen LogP) is 3.10. The Morgan fingerprint density at radius 1 is 1.26 bits per heavy atom. The van der Waals surface area contributed by atoms with Crippen molar-refractivity contribution in [2.45, 2.75) is 26.3 Å². The summed E-state index contributed by atoms with van der Waals surface area (Å²) in [4.78, 5) is 4.00. The average Bonchev–Trinajstić information content (AvgIpc) is 2.39. The van der Waals surface area contributed by atoms with Crippen LogP contribution in [0, 0.1) is 13.8 Å². The average molecular weight is 276 g/mol. The molecule has 3 N–H and O–H groups in total. The van der Waals surface area contributed by atoms with Gasteiger partial charge in [-0.3, -0.25) is 16.3 Å². The minimum Gasteiger partial charge on any atom is -0.271 e. The van der Waals surface area contributed by atoms with Crippen LogP contribution in [0.25, 0.3) is 0 Å². The number of rotatable bonds is 4. The lowest BCUT2D eigenvalue weighted by atomic mass is 9.92. The lowest BCUT2D eigenvalue weighted by molar-refractivity contribution is 0.546. The summed E-state index contributed by atoms with van der Waals surface area (Å²) in [7, 11) is 0. The molecular formula is C15H18ClN3. The molecule has 2 aromatic rings. The number of nitrogens with one attached hydrogen (secondary N) is 1. The molecule has 1 heterocycles. The summed E-state index contributed by atoms with van der Waals surface area (Å²) in [5, 5.41) is 0.675. The molecule has 1 aromatic heterocycles. The molecule has 2 rings (SSSR count). The van der Waals surface area contributed by atoms with Gasteiger partial charge in [-0.2, -0.15) is 0 Å². The van der Waals surface area contributed by atoms with E-state index in [-0.39, 0.29) is 6.04 Å². The van der Waals surface area contributed by atoms with E-state index in [0.29, 0.717) is 5.02 Å². The number of halogens is 1. The smallest absolute Gasteiger partial charge is 0.0622 e. The van der Waals surface area contributed by atoms with E-state index in [2.05, 4.69) is 42.5 Å². The first kappa shape index (κ1) is 14.0. The summed E-state index contributed by atoms with van der Waals surface area (Å²) in [5.74, 6) is 5.73. The molecule has 1 atom stereocenters. The number of nitrogens with zero attached hydrogens (tertiary/aromatic N) is 1. The number of hydrogen-bond donors (Lipinski definition) is 2. The molecule has 0 radical (unpaired) electrons. The van der Waals surface area contributed by atoms with E-state index in [9.17, 15) is 0 Å². The molecule has 0 aliphatic heterocycles. The Morgan fingerprint density at radius 2 is 1.95 bits per heavy atom. The summed E-state index contributed by atoms with van der Waals surface area (Å²) in [5.41, 5.74) is 7.63. The van der Waals surface area contributed by atoms with Gasteiger partial charge >= 0.3 is 0 Å². The van der Waals surface area contributed by atoms with Crippen LogP contribution in [0.4, 0.5) is 0 Å². The van der Waals surface area contributed by atoms with Gasteiger partial charge in [0, 0.05) is 12.4 Å². The molecule has 0 saturated carbocycles. The second-order valence-electron chi connectivity index (χ2n) is 4.70. The maximum absolute atomic E-state index is 6.16. The Kier molecular flexibility index (Phi) is 4.53. The molecule has 1 unspecified atom stereocenters. The second kappa shape index (κ2) is 6.15. The summed E-state index contributed by atoms with van der Waals surface area (Å²) in [6.45, 7) is 4.20. The summed E-state index contributed by atoms with van der Waals surface area (Å²) in [6, 6.07) is 8.23. The zero-order valence-corrected chi connectivity index (χ0v) is 11.9. The lowest BCUT2D eigenvalue weighted by Gasteiger charge is -2.21. The van der Waals surface area contributed by atoms with Gasteiger partial charge in [0.25, 0.3) is 0 Å². The van der Waals surface area contributed by atoms with Crippen LogP contribution in [-0.4, -0.2) is 4.98 Å². The van der Waals surface area contributed by atoms with E-state index in [1.165, 1.54) is 16.7 Å². The van der Waals surface area contributed by atoms with Crippen molar-refractivity contribution < 1.29 is 0 Å². The highest BCUT2D eigenvalue weighted by Gasteiger charge is 2.16. The van der Waals surface area contributed by atoms with Crippen LogP contribution in [0.3, 0.4) is 0 Å². The van der Waals surface area contributed by atoms with Crippen molar-refractivity contribution in [3.63, 3.8) is 0 Å². The highest BCUT2D eigenvalue weighted by molar-refractivity contribution is 6.31. The summed E-state index contributed by atoms with van der Waals surface area (Å²) >= 11 is 6.16. The van der Waals surface area contributed by atoms with Crippen molar-refractivity contribution in [2.24, 2.45) is 5.84 Å². The van der Waals surface area contributed by atoms with Crippen molar-refractivity contribution in [1.29, 1.82) is 0 Å². The third-order valence-corrected chi connectivity index (χ3v) is 3.71. The molecule has 1 aromatic carbocycles. The number of hydrazine groups is 1. The van der Waals surface area contributed by atoms with Gasteiger partial charge < -0.3 is 0 Å². The fourth-order valence-corrected chi connectivity index (χ4v) is 2.61. The number of pyridine rings is 1. The Hall–Kier alpha value is -1.42. The van der Waals surface area contributed by atoms with Crippen molar-refractivity contribution in [3.8, 4) is 0 Å². The van der Waals surface area contributed by atoms with Crippen LogP contribution in [0.2, 0.25) is 5.02 Å². The number of hydrogen-bond acceptors (Lipinski definition) is 3. The van der Waals surface area contributed by atoms with Crippen LogP contribution in [-0.2, 0) is 6.42 Å². The number of nitrogens with two attached hydrogens (primary N) is 1. The van der Waals surface area contributed by atoms with Gasteiger partial charge in [-0.15, -0.1) is 0 Å². The van der Waals surface area contributed by atoms with E-state index in [0.717, 1.165) is 12.0 Å². The van der Waals surface area contributed by atoms with Gasteiger partial charge in [0.15, 0.2) is 0 Å². The Labute approximate surface area is 118 Å². The van der Waals surface area contributed by atoms with Gasteiger partial charge in [0.1, 0.15) is 0 Å². The number of aryl methyl sites for hydroxylation is 2. The SMILES string of the molecule is Cc1cccc(C)c1C(Cc1ccncc1Cl)NN. The van der Waals surface area contributed by atoms with Gasteiger partial charge in [-0.1, -0.05) is 29.8 Å². The molecule has 0 aliphatic carbocycles. The molecule has 3 nitrogen and oxygen atoms in total. The highest BCUT2D eigenvalue weighted by Crippen LogP contribution is 2.26. The van der Waals surface area contributed by atoms with Crippen LogP contribution in [0.1, 0.15) is 28.3 Å². The van der Waals surface area contributed by atoms with Crippen molar-refractivity contribution in [3.05, 3.63) is 63.9 Å². The number of aromatic nitrogens is 1. The third kappa shape index (κ3) is 3.13. The third-order valence-electron chi connectivity index (χ3n) is 3.37. The Balaban J connectivity index is 2.34. The van der Waals surface area contributed by atoms with Gasteiger partial charge in [0.05, 0.1) is 11.1 Å². The highest BCUT2D eigenvalue weighted by atomic mass is 35.5. The molecular weight excluding hydrogens is 258 g/mol. The van der Waals surface area contributed by atoms with Crippen molar-refractivity contribution >= 4 is 11.6 Å². The first-order chi connectivity index (χ1) is 9.13. The molecule has 100 valence electrons. The normalized spacial score (nSPS) is 12.4. The van der Waals surface area contributed by atoms with E-state index >= 15 is 0 Å². The van der Waals surface area contributed by atoms with E-state index in [1.54, 1.807) is 12.4 Å². The zero-order chi connectivity index (χ0) is 13.8. The molecule has 0 spiro atoms. The summed E-state index contributed by atoms with van der Waals surface area (Å²) in [6.07, 6.45) is 4.15. The maximum atomic E-state index is 6.16. The Bertz CT molecular complexity index is 549. The summed E-state index contributed by atoms with van der Waals surface area (Å²) < 4.78 is 0. The maximum Gasteiger partial charge on any atom is 0.0622 e. The minimum atomic E-state index is 0.0427. The monoisotopic (exact) mass is 275 g/mol. The second-order valence-corrected chi connectivity index (χ2v) is 5.10. The first-order valence-corrected chi connectivity index (χ1v) is 6.62. The van der Waals surface area contributed by atoms with E-state index in [4.69, 9.17) is 17.4 Å². The molecule has 19 heavy (non-hydrogen) atoms. The van der Waals surface area contributed by atoms with Crippen LogP contribution < -0.4 is 11.3 Å². The lowest BCUT2D eigenvalue weighted by Crippen LogP contribution is -2.30. The quantitative estimate of drug-likeness (QED) is 0.666. The molecule has 0 amide bonds. The molecule has 0 bridgehead atoms. The van der Waals surface area contributed by atoms with E-state index in [1.807, 2.05) is 6.07 Å². The van der Waals surface area contributed by atoms with Crippen LogP contribution in [0.5, 0.6) is 0 Å². The first-order valence-electron chi connectivity index (χ1n) is 6.24. The predicted molar refractivity (Wildman–Crippen MR) is 78.9 cm³/mol. The standard InChI is InChI=1S/C15H18ClN3/c1-10-4-3-5-11(2)15(10)14(19-17)8-12-6-7-18-9-13(12)16/h3-7,9,14,19H,8,17H2,1-2H3.